The molecule has 4 aliphatic carbocycles. The van der Waals surface area contributed by atoms with E-state index < -0.39 is 0 Å². The smallest absolute Gasteiger partial charge is 0.263 e. The maximum absolute atomic E-state index is 9.54. The van der Waals surface area contributed by atoms with Crippen LogP contribution in [0.5, 0.6) is 11.5 Å². The van der Waals surface area contributed by atoms with E-state index in [2.05, 4.69) is 30.8 Å². The second-order valence-corrected chi connectivity index (χ2v) is 20.7. The molecule has 0 saturated heterocycles. The predicted octanol–water partition coefficient (Wildman–Crippen LogP) is 14.6. The molecule has 9 rings (SSSR count). The van der Waals surface area contributed by atoms with Crippen LogP contribution in [0.4, 0.5) is 0 Å². The van der Waals surface area contributed by atoms with Crippen LogP contribution in [0.25, 0.3) is 57.1 Å². The molecule has 6 nitrogen and oxygen atoms in total. The molecule has 5 heterocycles. The van der Waals surface area contributed by atoms with E-state index in [1.807, 2.05) is 64.4 Å². The number of nitrogens with zero attached hydrogens (tertiary/aromatic N) is 4. The van der Waals surface area contributed by atoms with Crippen LogP contribution in [0.3, 0.4) is 0 Å². The van der Waals surface area contributed by atoms with E-state index >= 15 is 0 Å². The van der Waals surface area contributed by atoms with Gasteiger partial charge in [0.15, 0.2) is 0 Å². The Labute approximate surface area is 354 Å². The number of hydrogen-bond donors (Lipinski definition) is 0. The minimum Gasteiger partial charge on any atom is -0.492 e. The fourth-order valence-corrected chi connectivity index (χ4v) is 16.4. The number of thiophene rings is 5. The monoisotopic (exact) mass is 840 g/mol. The second-order valence-electron chi connectivity index (χ2n) is 15.4. The van der Waals surface area contributed by atoms with Crippen molar-refractivity contribution in [3.8, 4) is 49.2 Å². The second kappa shape index (κ2) is 15.4. The zero-order valence-corrected chi connectivity index (χ0v) is 36.1. The minimum absolute atomic E-state index is 0.00101. The number of nitriles is 3. The number of ether oxygens (including phenoxy) is 2. The van der Waals surface area contributed by atoms with E-state index in [1.165, 1.54) is 85.8 Å². The van der Waals surface area contributed by atoms with E-state index in [-0.39, 0.29) is 22.1 Å². The quantitative estimate of drug-likeness (QED) is 0.103. The van der Waals surface area contributed by atoms with Gasteiger partial charge in [0, 0.05) is 39.9 Å². The van der Waals surface area contributed by atoms with Crippen molar-refractivity contribution in [1.82, 2.24) is 0 Å². The van der Waals surface area contributed by atoms with Crippen molar-refractivity contribution in [3.63, 3.8) is 0 Å². The van der Waals surface area contributed by atoms with Crippen LogP contribution in [0.1, 0.15) is 122 Å². The predicted molar refractivity (Wildman–Crippen MR) is 238 cm³/mol. The van der Waals surface area contributed by atoms with Crippen molar-refractivity contribution < 1.29 is 9.47 Å². The van der Waals surface area contributed by atoms with Gasteiger partial charge in [-0.15, -0.1) is 56.7 Å². The molecule has 0 radical (unpaired) electrons. The lowest BCUT2D eigenvalue weighted by atomic mass is 9.67. The third-order valence-electron chi connectivity index (χ3n) is 12.0. The van der Waals surface area contributed by atoms with Gasteiger partial charge in [-0.1, -0.05) is 52.4 Å². The van der Waals surface area contributed by atoms with Crippen LogP contribution >= 0.6 is 56.7 Å². The third-order valence-corrected chi connectivity index (χ3v) is 18.1. The van der Waals surface area contributed by atoms with Crippen LogP contribution in [0, 0.1) is 40.6 Å². The van der Waals surface area contributed by atoms with E-state index in [1.54, 1.807) is 51.5 Å². The number of allylic oxidation sites excluding steroid dienone is 4. The number of fused-ring (bicyclic) bond motifs is 10. The number of rotatable bonds is 10. The summed E-state index contributed by atoms with van der Waals surface area (Å²) in [5, 5.41) is 28.5. The molecule has 5 aromatic heterocycles. The van der Waals surface area contributed by atoms with Gasteiger partial charge in [-0.05, 0) is 97.2 Å². The molecular formula is C46H40N4O2S5. The summed E-state index contributed by atoms with van der Waals surface area (Å²) >= 11 is 9.09. The highest BCUT2D eigenvalue weighted by Crippen LogP contribution is 2.73. The first-order valence-electron chi connectivity index (χ1n) is 19.9. The summed E-state index contributed by atoms with van der Waals surface area (Å²) in [6.45, 7) is 12.9. The van der Waals surface area contributed by atoms with E-state index in [0.29, 0.717) is 13.2 Å². The Hall–Kier alpha value is -4.46. The zero-order valence-electron chi connectivity index (χ0n) is 32.0. The van der Waals surface area contributed by atoms with Gasteiger partial charge in [-0.25, -0.2) is 10.1 Å². The van der Waals surface area contributed by atoms with Crippen molar-refractivity contribution in [2.45, 2.75) is 102 Å². The van der Waals surface area contributed by atoms with E-state index in [4.69, 9.17) is 16.0 Å². The molecule has 2 fully saturated rings. The molecule has 2 spiro atoms. The van der Waals surface area contributed by atoms with Gasteiger partial charge in [-0.3, -0.25) is 0 Å². The van der Waals surface area contributed by atoms with Gasteiger partial charge in [0.1, 0.15) is 29.2 Å². The molecule has 5 aromatic rings. The van der Waals surface area contributed by atoms with Gasteiger partial charge in [0.2, 0.25) is 0 Å². The van der Waals surface area contributed by atoms with Gasteiger partial charge < -0.3 is 9.47 Å². The summed E-state index contributed by atoms with van der Waals surface area (Å²) in [5.74, 6) is 1.67. The van der Waals surface area contributed by atoms with Crippen LogP contribution in [-0.2, 0) is 10.8 Å². The van der Waals surface area contributed by atoms with E-state index in [9.17, 15) is 15.8 Å². The van der Waals surface area contributed by atoms with Gasteiger partial charge in [-0.2, -0.15) is 10.5 Å². The lowest BCUT2D eigenvalue weighted by Gasteiger charge is -2.37. The summed E-state index contributed by atoms with van der Waals surface area (Å²) < 4.78 is 15.4. The molecule has 0 atom stereocenters. The molecule has 57 heavy (non-hydrogen) atoms. The van der Waals surface area contributed by atoms with Crippen molar-refractivity contribution in [1.29, 1.82) is 15.8 Å². The molecule has 0 aliphatic heterocycles. The first-order chi connectivity index (χ1) is 27.9. The molecule has 11 heteroatoms. The summed E-state index contributed by atoms with van der Waals surface area (Å²) in [6.07, 6.45) is 17.3. The first-order valence-corrected chi connectivity index (χ1v) is 24.0. The Morgan fingerprint density at radius 2 is 1.26 bits per heavy atom. The fraction of sp³-hybridized carbons (Fsp3) is 0.391. The molecule has 0 bridgehead atoms. The van der Waals surface area contributed by atoms with Crippen LogP contribution in [-0.4, -0.2) is 13.2 Å². The minimum atomic E-state index is -0.0251. The largest absolute Gasteiger partial charge is 0.492 e. The standard InChI is InChI=1S/C46H40N4O2S5/c1-4-16-51-32-20-29(18-27(24-47)25-48)53-42(32)35-23-36-43(56-35)39-44(57-36)38-37(46(39)14-10-7-11-15-46)40-31(45(38)12-8-6-9-13-45)22-34(55-40)41-33(52-17-5-2)21-30(54-41)19-28(26-49)50-3/h18-23H,4-17H2,1-2H3/b28-19-. The van der Waals surface area contributed by atoms with Gasteiger partial charge in [0.05, 0.1) is 45.2 Å². The lowest BCUT2D eigenvalue weighted by molar-refractivity contribution is 0.320. The van der Waals surface area contributed by atoms with E-state index in [0.717, 1.165) is 56.7 Å². The Morgan fingerprint density at radius 1 is 0.684 bits per heavy atom. The van der Waals surface area contributed by atoms with Gasteiger partial charge >= 0.3 is 0 Å². The summed E-state index contributed by atoms with van der Waals surface area (Å²) in [5.41, 5.74) is 6.53. The summed E-state index contributed by atoms with van der Waals surface area (Å²) in [4.78, 5) is 12.8. The number of hydrogen-bond acceptors (Lipinski definition) is 10. The molecule has 4 aliphatic rings. The maximum Gasteiger partial charge on any atom is 0.263 e. The lowest BCUT2D eigenvalue weighted by Crippen LogP contribution is -2.28. The van der Waals surface area contributed by atoms with Crippen LogP contribution in [0.2, 0.25) is 0 Å². The molecule has 0 aromatic carbocycles. The first kappa shape index (κ1) is 38.1. The molecule has 2 saturated carbocycles. The average molecular weight is 841 g/mol. The molecule has 0 amide bonds. The Bertz CT molecular complexity index is 2650. The van der Waals surface area contributed by atoms with Crippen molar-refractivity contribution >= 4 is 89.4 Å². The Kier molecular flexibility index (Phi) is 10.3. The fourth-order valence-electron chi connectivity index (χ4n) is 9.75. The molecular weight excluding hydrogens is 801 g/mol. The SMILES string of the molecule is [C-]#[N+]/C(C#N)=C\c1cc(OCCC)c(-c2cc3c(s2)C2=C(c4sc5cc(-c6sc(C=C(C#N)C#N)cc6OCCC)sc5c4C24CCCCC4)C32CCCCC2)s1. The normalized spacial score (nSPS) is 17.5. The molecule has 0 unspecified atom stereocenters. The van der Waals surface area contributed by atoms with Crippen LogP contribution < -0.4 is 9.47 Å². The van der Waals surface area contributed by atoms with Crippen molar-refractivity contribution in [3.05, 3.63) is 77.6 Å². The summed E-state index contributed by atoms with van der Waals surface area (Å²) in [6, 6.07) is 15.0. The van der Waals surface area contributed by atoms with Crippen molar-refractivity contribution in [2.75, 3.05) is 13.2 Å². The average Bonchev–Trinajstić information content (AvgIpc) is 4.10. The highest BCUT2D eigenvalue weighted by molar-refractivity contribution is 7.32. The topological polar surface area (TPSA) is 94.2 Å². The summed E-state index contributed by atoms with van der Waals surface area (Å²) in [7, 11) is 0. The molecule has 286 valence electrons. The molecule has 0 N–H and O–H groups in total. The van der Waals surface area contributed by atoms with Gasteiger partial charge in [0.25, 0.3) is 5.70 Å². The Balaban J connectivity index is 1.21. The highest BCUT2D eigenvalue weighted by atomic mass is 32.1. The third kappa shape index (κ3) is 6.14. The Morgan fingerprint density at radius 3 is 1.84 bits per heavy atom. The highest BCUT2D eigenvalue weighted by Gasteiger charge is 2.59. The maximum atomic E-state index is 9.54. The van der Waals surface area contributed by atoms with Crippen molar-refractivity contribution in [2.24, 2.45) is 0 Å². The van der Waals surface area contributed by atoms with Crippen LogP contribution in [0.15, 0.2) is 35.5 Å². The zero-order chi connectivity index (χ0) is 39.3.